The van der Waals surface area contributed by atoms with Gasteiger partial charge in [-0.05, 0) is 36.6 Å². The molecule has 1 aliphatic heterocycles. The first-order valence-corrected chi connectivity index (χ1v) is 11.6. The lowest BCUT2D eigenvalue weighted by Gasteiger charge is -2.32. The fraction of sp³-hybridized carbons (Fsp3) is 0.333. The second-order valence-corrected chi connectivity index (χ2v) is 9.14. The second-order valence-electron chi connectivity index (χ2n) is 9.14. The van der Waals surface area contributed by atoms with Crippen molar-refractivity contribution in [2.24, 2.45) is 7.05 Å². The van der Waals surface area contributed by atoms with Crippen molar-refractivity contribution in [2.45, 2.75) is 39.2 Å². The van der Waals surface area contributed by atoms with E-state index in [1.165, 1.54) is 5.56 Å². The SMILES string of the molecule is Cc1cc(-c2nnc(C(=O)N3CCc4[nH]cnc4[C@H]3c3cc4c(C(C)C)cccn4n3)o2)nn1C. The largest absolute Gasteiger partial charge is 0.411 e. The van der Waals surface area contributed by atoms with E-state index in [9.17, 15) is 4.79 Å². The Bertz CT molecular complexity index is 1530. The van der Waals surface area contributed by atoms with Gasteiger partial charge in [0.2, 0.25) is 0 Å². The highest BCUT2D eigenvalue weighted by molar-refractivity contribution is 5.90. The van der Waals surface area contributed by atoms with E-state index in [-0.39, 0.29) is 17.7 Å². The molecule has 0 saturated heterocycles. The molecule has 1 atom stereocenters. The molecule has 6 heterocycles. The van der Waals surface area contributed by atoms with Gasteiger partial charge in [0.1, 0.15) is 11.7 Å². The molecule has 5 aromatic heterocycles. The maximum absolute atomic E-state index is 13.7. The van der Waals surface area contributed by atoms with Gasteiger partial charge in [-0.2, -0.15) is 10.2 Å². The molecule has 178 valence electrons. The number of hydrogen-bond donors (Lipinski definition) is 1. The van der Waals surface area contributed by atoms with Crippen LogP contribution in [0.1, 0.15) is 64.8 Å². The molecule has 6 rings (SSSR count). The van der Waals surface area contributed by atoms with E-state index in [1.807, 2.05) is 42.9 Å². The van der Waals surface area contributed by atoms with Crippen molar-refractivity contribution in [3.8, 4) is 11.6 Å². The van der Waals surface area contributed by atoms with Gasteiger partial charge < -0.3 is 14.3 Å². The summed E-state index contributed by atoms with van der Waals surface area (Å²) in [6, 6.07) is 7.49. The molecule has 1 N–H and O–H groups in total. The molecule has 0 spiro atoms. The number of carbonyl (C=O) groups excluding carboxylic acids is 1. The summed E-state index contributed by atoms with van der Waals surface area (Å²) in [5, 5.41) is 17.3. The van der Waals surface area contributed by atoms with Gasteiger partial charge in [-0.1, -0.05) is 19.9 Å². The number of nitrogens with one attached hydrogen (secondary N) is 1. The molecule has 11 nitrogen and oxygen atoms in total. The molecular weight excluding hydrogens is 446 g/mol. The van der Waals surface area contributed by atoms with Crippen LogP contribution in [-0.4, -0.2) is 56.9 Å². The number of rotatable bonds is 4. The van der Waals surface area contributed by atoms with Crippen molar-refractivity contribution in [1.82, 2.24) is 44.5 Å². The second kappa shape index (κ2) is 7.90. The molecule has 0 fully saturated rings. The predicted molar refractivity (Wildman–Crippen MR) is 126 cm³/mol. The minimum Gasteiger partial charge on any atom is -0.411 e. The van der Waals surface area contributed by atoms with Crippen molar-refractivity contribution in [3.05, 3.63) is 71.0 Å². The zero-order valence-electron chi connectivity index (χ0n) is 19.9. The highest BCUT2D eigenvalue weighted by atomic mass is 16.4. The Balaban J connectivity index is 1.41. The van der Waals surface area contributed by atoms with Gasteiger partial charge in [-0.3, -0.25) is 9.48 Å². The molecule has 0 aliphatic carbocycles. The summed E-state index contributed by atoms with van der Waals surface area (Å²) in [5.41, 5.74) is 6.19. The molecule has 0 saturated carbocycles. The van der Waals surface area contributed by atoms with Crippen LogP contribution in [0.4, 0.5) is 0 Å². The van der Waals surface area contributed by atoms with E-state index < -0.39 is 6.04 Å². The number of amides is 1. The number of aromatic amines is 1. The molecule has 1 amide bonds. The Morgan fingerprint density at radius 3 is 2.86 bits per heavy atom. The third-order valence-corrected chi connectivity index (χ3v) is 6.58. The molecule has 0 unspecified atom stereocenters. The van der Waals surface area contributed by atoms with Crippen LogP contribution in [0.2, 0.25) is 0 Å². The van der Waals surface area contributed by atoms with Crippen molar-refractivity contribution in [2.75, 3.05) is 6.54 Å². The summed E-state index contributed by atoms with van der Waals surface area (Å²) in [5.74, 6) is 0.0934. The molecule has 5 aromatic rings. The summed E-state index contributed by atoms with van der Waals surface area (Å²) < 4.78 is 9.35. The van der Waals surface area contributed by atoms with E-state index >= 15 is 0 Å². The Morgan fingerprint density at radius 2 is 2.09 bits per heavy atom. The highest BCUT2D eigenvalue weighted by Crippen LogP contribution is 2.35. The topological polar surface area (TPSA) is 123 Å². The molecule has 0 radical (unpaired) electrons. The number of H-pyrrole nitrogens is 1. The standard InChI is InChI=1S/C24H25N9O2/c1-13(2)15-6-5-8-33-19(15)11-17(30-33)21-20-16(25-12-26-20)7-9-32(21)24(34)23-28-27-22(35-23)18-10-14(3)31(4)29-18/h5-6,8,10-13,21H,7,9H2,1-4H3,(H,25,26)/t21-/m1/s1. The van der Waals surface area contributed by atoms with Crippen molar-refractivity contribution < 1.29 is 9.21 Å². The smallest absolute Gasteiger partial charge is 0.312 e. The zero-order chi connectivity index (χ0) is 24.3. The van der Waals surface area contributed by atoms with Gasteiger partial charge in [-0.25, -0.2) is 9.50 Å². The molecule has 0 bridgehead atoms. The number of nitrogens with zero attached hydrogens (tertiary/aromatic N) is 8. The minimum atomic E-state index is -0.482. The number of carbonyl (C=O) groups is 1. The van der Waals surface area contributed by atoms with Crippen LogP contribution in [-0.2, 0) is 13.5 Å². The van der Waals surface area contributed by atoms with E-state index in [0.717, 1.165) is 28.3 Å². The number of aromatic nitrogens is 8. The van der Waals surface area contributed by atoms with E-state index in [0.29, 0.717) is 24.6 Å². The van der Waals surface area contributed by atoms with Crippen LogP contribution < -0.4 is 0 Å². The third-order valence-electron chi connectivity index (χ3n) is 6.58. The molecule has 0 aromatic carbocycles. The third kappa shape index (κ3) is 3.42. The van der Waals surface area contributed by atoms with Gasteiger partial charge in [0.05, 0.1) is 23.2 Å². The summed E-state index contributed by atoms with van der Waals surface area (Å²) in [6.45, 7) is 6.70. The van der Waals surface area contributed by atoms with Crippen LogP contribution in [0, 0.1) is 6.92 Å². The maximum atomic E-state index is 13.7. The molecular formula is C24H25N9O2. The van der Waals surface area contributed by atoms with Crippen LogP contribution in [0.3, 0.4) is 0 Å². The maximum Gasteiger partial charge on any atom is 0.312 e. The van der Waals surface area contributed by atoms with Crippen molar-refractivity contribution in [1.29, 1.82) is 0 Å². The number of fused-ring (bicyclic) bond motifs is 2. The number of aryl methyl sites for hydroxylation is 2. The van der Waals surface area contributed by atoms with E-state index in [4.69, 9.17) is 9.52 Å². The van der Waals surface area contributed by atoms with Crippen molar-refractivity contribution >= 4 is 11.4 Å². The van der Waals surface area contributed by atoms with Gasteiger partial charge >= 0.3 is 11.8 Å². The molecule has 11 heteroatoms. The number of imidazole rings is 1. The Labute approximate surface area is 200 Å². The Hall–Kier alpha value is -4.28. The lowest BCUT2D eigenvalue weighted by molar-refractivity contribution is 0.0646. The van der Waals surface area contributed by atoms with Gasteiger partial charge in [0.25, 0.3) is 5.89 Å². The summed E-state index contributed by atoms with van der Waals surface area (Å²) in [6.07, 6.45) is 4.22. The van der Waals surface area contributed by atoms with Crippen LogP contribution >= 0.6 is 0 Å². The highest BCUT2D eigenvalue weighted by Gasteiger charge is 2.38. The lowest BCUT2D eigenvalue weighted by atomic mass is 9.98. The van der Waals surface area contributed by atoms with Crippen LogP contribution in [0.5, 0.6) is 0 Å². The normalized spacial score (nSPS) is 15.8. The first-order valence-electron chi connectivity index (χ1n) is 11.6. The fourth-order valence-electron chi connectivity index (χ4n) is 4.67. The first-order chi connectivity index (χ1) is 16.9. The summed E-state index contributed by atoms with van der Waals surface area (Å²) in [7, 11) is 1.83. The quantitative estimate of drug-likeness (QED) is 0.427. The van der Waals surface area contributed by atoms with Gasteiger partial charge in [0, 0.05) is 37.6 Å². The van der Waals surface area contributed by atoms with E-state index in [1.54, 1.807) is 15.9 Å². The average Bonchev–Trinajstić information content (AvgIpc) is 3.63. The van der Waals surface area contributed by atoms with Crippen LogP contribution in [0.15, 0.2) is 41.2 Å². The van der Waals surface area contributed by atoms with E-state index in [2.05, 4.69) is 45.2 Å². The van der Waals surface area contributed by atoms with Crippen molar-refractivity contribution in [3.63, 3.8) is 0 Å². The minimum absolute atomic E-state index is 0.0843. The predicted octanol–water partition coefficient (Wildman–Crippen LogP) is 3.06. The lowest BCUT2D eigenvalue weighted by Crippen LogP contribution is -2.41. The summed E-state index contributed by atoms with van der Waals surface area (Å²) in [4.78, 5) is 23.1. The Kier molecular flexibility index (Phi) is 4.80. The molecule has 1 aliphatic rings. The fourth-order valence-corrected chi connectivity index (χ4v) is 4.67. The Morgan fingerprint density at radius 1 is 1.23 bits per heavy atom. The zero-order valence-corrected chi connectivity index (χ0v) is 19.9. The first kappa shape index (κ1) is 21.3. The number of pyridine rings is 1. The van der Waals surface area contributed by atoms with Gasteiger partial charge in [0.15, 0.2) is 0 Å². The van der Waals surface area contributed by atoms with Gasteiger partial charge in [-0.15, -0.1) is 10.2 Å². The molecule has 35 heavy (non-hydrogen) atoms. The average molecular weight is 472 g/mol. The monoisotopic (exact) mass is 471 g/mol. The number of hydrogen-bond acceptors (Lipinski definition) is 7. The van der Waals surface area contributed by atoms with Crippen LogP contribution in [0.25, 0.3) is 17.1 Å². The summed E-state index contributed by atoms with van der Waals surface area (Å²) >= 11 is 0.